The first-order valence-electron chi connectivity index (χ1n) is 9.55. The average Bonchev–Trinajstić information content (AvgIpc) is 2.62. The van der Waals surface area contributed by atoms with E-state index in [0.717, 1.165) is 25.0 Å². The van der Waals surface area contributed by atoms with E-state index >= 15 is 0 Å². The predicted molar refractivity (Wildman–Crippen MR) is 103 cm³/mol. The second kappa shape index (κ2) is 10.3. The fourth-order valence-electron chi connectivity index (χ4n) is 3.28. The van der Waals surface area contributed by atoms with Crippen molar-refractivity contribution in [2.24, 2.45) is 10.9 Å². The van der Waals surface area contributed by atoms with Crippen molar-refractivity contribution in [3.63, 3.8) is 0 Å². The van der Waals surface area contributed by atoms with Crippen LogP contribution in [-0.2, 0) is 0 Å². The third-order valence-electron chi connectivity index (χ3n) is 4.75. The minimum atomic E-state index is 0.260. The SMILES string of the molecule is CCCN1CCC(CN=C(NCC)NC(C)c2ccccc2)CC1. The van der Waals surface area contributed by atoms with E-state index in [1.54, 1.807) is 0 Å². The van der Waals surface area contributed by atoms with Crippen LogP contribution in [0.1, 0.15) is 51.6 Å². The number of likely N-dealkylation sites (tertiary alicyclic amines) is 1. The van der Waals surface area contributed by atoms with Crippen LogP contribution in [0.25, 0.3) is 0 Å². The van der Waals surface area contributed by atoms with E-state index in [2.05, 4.69) is 66.6 Å². The van der Waals surface area contributed by atoms with Gasteiger partial charge in [0, 0.05) is 13.1 Å². The van der Waals surface area contributed by atoms with Crippen LogP contribution in [-0.4, -0.2) is 43.6 Å². The first-order valence-corrected chi connectivity index (χ1v) is 9.55. The molecule has 0 amide bonds. The fraction of sp³-hybridized carbons (Fsp3) is 0.650. The van der Waals surface area contributed by atoms with Gasteiger partial charge in [-0.3, -0.25) is 4.99 Å². The van der Waals surface area contributed by atoms with E-state index in [1.165, 1.54) is 44.5 Å². The van der Waals surface area contributed by atoms with Crippen molar-refractivity contribution in [2.45, 2.75) is 46.1 Å². The Labute approximate surface area is 147 Å². The Hall–Kier alpha value is -1.55. The van der Waals surface area contributed by atoms with Crippen molar-refractivity contribution in [3.8, 4) is 0 Å². The van der Waals surface area contributed by atoms with E-state index in [9.17, 15) is 0 Å². The van der Waals surface area contributed by atoms with Gasteiger partial charge in [-0.25, -0.2) is 0 Å². The molecule has 0 aromatic heterocycles. The molecule has 0 spiro atoms. The Morgan fingerprint density at radius 1 is 1.21 bits per heavy atom. The number of nitrogens with zero attached hydrogens (tertiary/aromatic N) is 2. The lowest BCUT2D eigenvalue weighted by molar-refractivity contribution is 0.188. The number of piperidine rings is 1. The van der Waals surface area contributed by atoms with Gasteiger partial charge in [0.05, 0.1) is 6.04 Å². The molecular weight excluding hydrogens is 296 g/mol. The highest BCUT2D eigenvalue weighted by atomic mass is 15.2. The highest BCUT2D eigenvalue weighted by Gasteiger charge is 2.18. The normalized spacial score (nSPS) is 18.4. The molecule has 1 aliphatic rings. The maximum absolute atomic E-state index is 4.85. The van der Waals surface area contributed by atoms with Crippen LogP contribution in [0.3, 0.4) is 0 Å². The van der Waals surface area contributed by atoms with Gasteiger partial charge in [-0.15, -0.1) is 0 Å². The topological polar surface area (TPSA) is 39.7 Å². The predicted octanol–water partition coefficient (Wildman–Crippen LogP) is 3.42. The summed E-state index contributed by atoms with van der Waals surface area (Å²) in [4.78, 5) is 7.43. The van der Waals surface area contributed by atoms with Crippen LogP contribution in [0.5, 0.6) is 0 Å². The second-order valence-electron chi connectivity index (χ2n) is 6.78. The number of guanidine groups is 1. The number of rotatable bonds is 7. The summed E-state index contributed by atoms with van der Waals surface area (Å²) in [5, 5.41) is 6.91. The molecule has 24 heavy (non-hydrogen) atoms. The molecule has 4 heteroatoms. The van der Waals surface area contributed by atoms with Gasteiger partial charge in [-0.1, -0.05) is 37.3 Å². The zero-order valence-corrected chi connectivity index (χ0v) is 15.6. The Kier molecular flexibility index (Phi) is 8.10. The Morgan fingerprint density at radius 2 is 1.92 bits per heavy atom. The number of hydrogen-bond acceptors (Lipinski definition) is 2. The van der Waals surface area contributed by atoms with Gasteiger partial charge in [-0.2, -0.15) is 0 Å². The molecule has 0 radical (unpaired) electrons. The summed E-state index contributed by atoms with van der Waals surface area (Å²) in [5.74, 6) is 1.66. The number of hydrogen-bond donors (Lipinski definition) is 2. The third-order valence-corrected chi connectivity index (χ3v) is 4.75. The van der Waals surface area contributed by atoms with Crippen LogP contribution in [0.4, 0.5) is 0 Å². The highest BCUT2D eigenvalue weighted by molar-refractivity contribution is 5.80. The summed E-state index contributed by atoms with van der Waals surface area (Å²) < 4.78 is 0. The Balaban J connectivity index is 1.84. The van der Waals surface area contributed by atoms with Crippen molar-refractivity contribution in [1.29, 1.82) is 0 Å². The molecule has 0 bridgehead atoms. The molecule has 4 nitrogen and oxygen atoms in total. The molecule has 1 fully saturated rings. The molecule has 1 saturated heterocycles. The molecule has 1 aliphatic heterocycles. The standard InChI is InChI=1S/C20H34N4/c1-4-13-24-14-11-18(12-15-24)16-22-20(21-5-2)23-17(3)19-9-7-6-8-10-19/h6-10,17-18H,4-5,11-16H2,1-3H3,(H2,21,22,23). The number of nitrogens with one attached hydrogen (secondary N) is 2. The summed E-state index contributed by atoms with van der Waals surface area (Å²) in [5.41, 5.74) is 1.29. The maximum Gasteiger partial charge on any atom is 0.191 e. The van der Waals surface area contributed by atoms with E-state index in [-0.39, 0.29) is 6.04 Å². The average molecular weight is 331 g/mol. The molecular formula is C20H34N4. The molecule has 1 atom stereocenters. The van der Waals surface area contributed by atoms with E-state index in [0.29, 0.717) is 0 Å². The first kappa shape index (κ1) is 18.8. The van der Waals surface area contributed by atoms with E-state index in [4.69, 9.17) is 4.99 Å². The molecule has 1 heterocycles. The summed E-state index contributed by atoms with van der Waals surface area (Å²) in [6, 6.07) is 10.8. The highest BCUT2D eigenvalue weighted by Crippen LogP contribution is 2.17. The molecule has 1 unspecified atom stereocenters. The van der Waals surface area contributed by atoms with E-state index in [1.807, 2.05) is 0 Å². The van der Waals surface area contributed by atoms with Crippen LogP contribution in [0.15, 0.2) is 35.3 Å². The van der Waals surface area contributed by atoms with Crippen molar-refractivity contribution in [1.82, 2.24) is 15.5 Å². The van der Waals surface area contributed by atoms with Crippen LogP contribution in [0, 0.1) is 5.92 Å². The monoisotopic (exact) mass is 330 g/mol. The Morgan fingerprint density at radius 3 is 2.54 bits per heavy atom. The fourth-order valence-corrected chi connectivity index (χ4v) is 3.28. The summed E-state index contributed by atoms with van der Waals surface area (Å²) in [6.07, 6.45) is 3.81. The maximum atomic E-state index is 4.85. The minimum absolute atomic E-state index is 0.260. The smallest absolute Gasteiger partial charge is 0.191 e. The van der Waals surface area contributed by atoms with Crippen molar-refractivity contribution in [3.05, 3.63) is 35.9 Å². The van der Waals surface area contributed by atoms with E-state index < -0.39 is 0 Å². The molecule has 1 aromatic carbocycles. The van der Waals surface area contributed by atoms with Gasteiger partial charge < -0.3 is 15.5 Å². The van der Waals surface area contributed by atoms with Gasteiger partial charge in [0.15, 0.2) is 5.96 Å². The van der Waals surface area contributed by atoms with Crippen LogP contribution >= 0.6 is 0 Å². The van der Waals surface area contributed by atoms with Crippen molar-refractivity contribution < 1.29 is 0 Å². The lowest BCUT2D eigenvalue weighted by Gasteiger charge is -2.31. The molecule has 2 N–H and O–H groups in total. The third kappa shape index (κ3) is 6.16. The van der Waals surface area contributed by atoms with Gasteiger partial charge in [-0.05, 0) is 64.2 Å². The van der Waals surface area contributed by atoms with Crippen molar-refractivity contribution in [2.75, 3.05) is 32.7 Å². The van der Waals surface area contributed by atoms with Crippen LogP contribution < -0.4 is 10.6 Å². The summed E-state index contributed by atoms with van der Waals surface area (Å²) in [7, 11) is 0. The largest absolute Gasteiger partial charge is 0.357 e. The lowest BCUT2D eigenvalue weighted by Crippen LogP contribution is -2.40. The van der Waals surface area contributed by atoms with Crippen molar-refractivity contribution >= 4 is 5.96 Å². The van der Waals surface area contributed by atoms with Gasteiger partial charge in [0.1, 0.15) is 0 Å². The van der Waals surface area contributed by atoms with Gasteiger partial charge >= 0.3 is 0 Å². The minimum Gasteiger partial charge on any atom is -0.357 e. The second-order valence-corrected chi connectivity index (χ2v) is 6.78. The molecule has 2 rings (SSSR count). The molecule has 0 aliphatic carbocycles. The summed E-state index contributed by atoms with van der Waals surface area (Å²) in [6.45, 7) is 12.1. The number of aliphatic imine (C=N–C) groups is 1. The zero-order valence-electron chi connectivity index (χ0n) is 15.6. The summed E-state index contributed by atoms with van der Waals surface area (Å²) >= 11 is 0. The number of benzene rings is 1. The van der Waals surface area contributed by atoms with Crippen LogP contribution in [0.2, 0.25) is 0 Å². The molecule has 0 saturated carbocycles. The van der Waals surface area contributed by atoms with Gasteiger partial charge in [0.2, 0.25) is 0 Å². The molecule has 134 valence electrons. The quantitative estimate of drug-likeness (QED) is 0.594. The Bertz CT molecular complexity index is 478. The van der Waals surface area contributed by atoms with Gasteiger partial charge in [0.25, 0.3) is 0 Å². The lowest BCUT2D eigenvalue weighted by atomic mass is 9.97. The first-order chi connectivity index (χ1) is 11.7. The molecule has 1 aromatic rings. The zero-order chi connectivity index (χ0) is 17.2.